The smallest absolute Gasteiger partial charge is 0.0404 e. The summed E-state index contributed by atoms with van der Waals surface area (Å²) < 4.78 is 0. The molecule has 0 fully saturated rings. The summed E-state index contributed by atoms with van der Waals surface area (Å²) in [5.41, 5.74) is 9.76. The molecule has 88 valence electrons. The first-order valence-corrected chi connectivity index (χ1v) is 5.98. The minimum atomic E-state index is 0.0944. The van der Waals surface area contributed by atoms with Crippen molar-refractivity contribution in [2.24, 2.45) is 5.73 Å². The van der Waals surface area contributed by atoms with Crippen LogP contribution in [0.1, 0.15) is 29.3 Å². The van der Waals surface area contributed by atoms with E-state index < -0.39 is 0 Å². The number of rotatable bonds is 4. The first-order valence-electron chi connectivity index (χ1n) is 5.98. The van der Waals surface area contributed by atoms with Gasteiger partial charge in [0.25, 0.3) is 0 Å². The Labute approximate surface area is 103 Å². The highest BCUT2D eigenvalue weighted by Crippen LogP contribution is 2.17. The molecule has 0 bridgehead atoms. The lowest BCUT2D eigenvalue weighted by atomic mass is 10.0. The molecule has 0 spiro atoms. The van der Waals surface area contributed by atoms with Crippen LogP contribution in [0.15, 0.2) is 48.7 Å². The minimum Gasteiger partial charge on any atom is -0.324 e. The fraction of sp³-hybridized carbons (Fsp3) is 0.267. The third-order valence-electron chi connectivity index (χ3n) is 2.91. The van der Waals surface area contributed by atoms with Crippen LogP contribution in [0.25, 0.3) is 0 Å². The largest absolute Gasteiger partial charge is 0.324 e. The van der Waals surface area contributed by atoms with Gasteiger partial charge >= 0.3 is 0 Å². The highest BCUT2D eigenvalue weighted by molar-refractivity contribution is 5.24. The molecule has 2 rings (SSSR count). The van der Waals surface area contributed by atoms with Crippen LogP contribution in [-0.2, 0) is 6.42 Å². The van der Waals surface area contributed by atoms with E-state index in [0.29, 0.717) is 0 Å². The van der Waals surface area contributed by atoms with Crippen molar-refractivity contribution in [1.82, 2.24) is 4.98 Å². The van der Waals surface area contributed by atoms with Crippen molar-refractivity contribution in [3.8, 4) is 0 Å². The van der Waals surface area contributed by atoms with Crippen LogP contribution < -0.4 is 5.73 Å². The van der Waals surface area contributed by atoms with E-state index in [1.807, 2.05) is 24.4 Å². The van der Waals surface area contributed by atoms with E-state index >= 15 is 0 Å². The van der Waals surface area contributed by atoms with Crippen molar-refractivity contribution in [3.05, 3.63) is 65.5 Å². The van der Waals surface area contributed by atoms with Gasteiger partial charge in [-0.2, -0.15) is 0 Å². The average molecular weight is 226 g/mol. The molecule has 1 aromatic heterocycles. The van der Waals surface area contributed by atoms with E-state index in [1.54, 1.807) is 0 Å². The van der Waals surface area contributed by atoms with E-state index in [4.69, 9.17) is 5.73 Å². The molecule has 0 saturated carbocycles. The number of hydrogen-bond donors (Lipinski definition) is 1. The van der Waals surface area contributed by atoms with Crippen molar-refractivity contribution >= 4 is 0 Å². The number of hydrogen-bond acceptors (Lipinski definition) is 2. The van der Waals surface area contributed by atoms with Crippen LogP contribution in [0.5, 0.6) is 0 Å². The summed E-state index contributed by atoms with van der Waals surface area (Å²) in [4.78, 5) is 4.31. The van der Waals surface area contributed by atoms with Crippen molar-refractivity contribution in [2.75, 3.05) is 0 Å². The second kappa shape index (κ2) is 5.60. The summed E-state index contributed by atoms with van der Waals surface area (Å²) in [6.07, 6.45) is 3.68. The summed E-state index contributed by atoms with van der Waals surface area (Å²) >= 11 is 0. The quantitative estimate of drug-likeness (QED) is 0.870. The first-order chi connectivity index (χ1) is 8.25. The van der Waals surface area contributed by atoms with Crippen molar-refractivity contribution in [1.29, 1.82) is 0 Å². The topological polar surface area (TPSA) is 38.9 Å². The van der Waals surface area contributed by atoms with Gasteiger partial charge in [0, 0.05) is 17.9 Å². The Morgan fingerprint density at radius 2 is 2.06 bits per heavy atom. The van der Waals surface area contributed by atoms with Gasteiger partial charge in [-0.15, -0.1) is 0 Å². The highest BCUT2D eigenvalue weighted by Gasteiger charge is 2.06. The van der Waals surface area contributed by atoms with Gasteiger partial charge in [0.1, 0.15) is 0 Å². The van der Waals surface area contributed by atoms with Crippen LogP contribution in [0.3, 0.4) is 0 Å². The van der Waals surface area contributed by atoms with Crippen LogP contribution >= 0.6 is 0 Å². The van der Waals surface area contributed by atoms with Crippen molar-refractivity contribution < 1.29 is 0 Å². The fourth-order valence-corrected chi connectivity index (χ4v) is 1.92. The van der Waals surface area contributed by atoms with Gasteiger partial charge in [0.2, 0.25) is 0 Å². The number of pyridine rings is 1. The molecule has 2 heteroatoms. The van der Waals surface area contributed by atoms with E-state index in [0.717, 1.165) is 18.5 Å². The molecule has 0 amide bonds. The molecule has 0 aliphatic rings. The highest BCUT2D eigenvalue weighted by atomic mass is 14.7. The summed E-state index contributed by atoms with van der Waals surface area (Å²) in [6.45, 7) is 2.09. The molecule has 0 aliphatic carbocycles. The van der Waals surface area contributed by atoms with E-state index in [2.05, 4.69) is 36.2 Å². The van der Waals surface area contributed by atoms with E-state index in [9.17, 15) is 0 Å². The first kappa shape index (κ1) is 11.8. The Kier molecular flexibility index (Phi) is 3.89. The standard InChI is InChI=1S/C15H18N2/c1-12-5-4-6-13(11-12)15(16)9-8-14-7-2-3-10-17-14/h2-7,10-11,15H,8-9,16H2,1H3. The lowest BCUT2D eigenvalue weighted by molar-refractivity contribution is 0.643. The fourth-order valence-electron chi connectivity index (χ4n) is 1.92. The molecule has 1 unspecified atom stereocenters. The van der Waals surface area contributed by atoms with Crippen LogP contribution in [0, 0.1) is 6.92 Å². The second-order valence-electron chi connectivity index (χ2n) is 4.38. The third-order valence-corrected chi connectivity index (χ3v) is 2.91. The lowest BCUT2D eigenvalue weighted by Crippen LogP contribution is -2.11. The van der Waals surface area contributed by atoms with Crippen LogP contribution in [0.2, 0.25) is 0 Å². The Morgan fingerprint density at radius 1 is 1.18 bits per heavy atom. The van der Waals surface area contributed by atoms with Crippen LogP contribution in [-0.4, -0.2) is 4.98 Å². The number of nitrogens with two attached hydrogens (primary N) is 1. The monoisotopic (exact) mass is 226 g/mol. The minimum absolute atomic E-state index is 0.0944. The molecule has 0 saturated heterocycles. The summed E-state index contributed by atoms with van der Waals surface area (Å²) in [6, 6.07) is 14.5. The van der Waals surface area contributed by atoms with Crippen molar-refractivity contribution in [2.45, 2.75) is 25.8 Å². The molecule has 2 nitrogen and oxygen atoms in total. The zero-order chi connectivity index (χ0) is 12.1. The molecule has 2 aromatic rings. The summed E-state index contributed by atoms with van der Waals surface area (Å²) in [5, 5.41) is 0. The molecule has 2 N–H and O–H groups in total. The van der Waals surface area contributed by atoms with E-state index in [-0.39, 0.29) is 6.04 Å². The zero-order valence-electron chi connectivity index (χ0n) is 10.1. The van der Waals surface area contributed by atoms with E-state index in [1.165, 1.54) is 11.1 Å². The van der Waals surface area contributed by atoms with Gasteiger partial charge in [-0.25, -0.2) is 0 Å². The molecule has 1 heterocycles. The van der Waals surface area contributed by atoms with Crippen LogP contribution in [0.4, 0.5) is 0 Å². The Morgan fingerprint density at radius 3 is 2.76 bits per heavy atom. The number of aryl methyl sites for hydroxylation is 2. The Bertz CT molecular complexity index is 465. The van der Waals surface area contributed by atoms with Gasteiger partial charge in [0.05, 0.1) is 0 Å². The number of benzene rings is 1. The maximum absolute atomic E-state index is 6.18. The van der Waals surface area contributed by atoms with Gasteiger partial charge in [0.15, 0.2) is 0 Å². The molecule has 1 atom stereocenters. The SMILES string of the molecule is Cc1cccc(C(N)CCc2ccccn2)c1. The molecule has 1 aromatic carbocycles. The predicted octanol–water partition coefficient (Wildman–Crippen LogP) is 3.02. The summed E-state index contributed by atoms with van der Waals surface area (Å²) in [7, 11) is 0. The molecule has 0 aliphatic heterocycles. The van der Waals surface area contributed by atoms with Gasteiger partial charge in [-0.1, -0.05) is 35.9 Å². The maximum Gasteiger partial charge on any atom is 0.0404 e. The van der Waals surface area contributed by atoms with Crippen molar-refractivity contribution in [3.63, 3.8) is 0 Å². The van der Waals surface area contributed by atoms with Gasteiger partial charge in [-0.05, 0) is 37.5 Å². The molecular formula is C15H18N2. The Balaban J connectivity index is 1.96. The lowest BCUT2D eigenvalue weighted by Gasteiger charge is -2.12. The normalized spacial score (nSPS) is 12.4. The average Bonchev–Trinajstić information content (AvgIpc) is 2.37. The second-order valence-corrected chi connectivity index (χ2v) is 4.38. The number of nitrogens with zero attached hydrogens (tertiary/aromatic N) is 1. The van der Waals surface area contributed by atoms with Gasteiger partial charge < -0.3 is 5.73 Å². The maximum atomic E-state index is 6.18. The summed E-state index contributed by atoms with van der Waals surface area (Å²) in [5.74, 6) is 0. The number of aromatic nitrogens is 1. The predicted molar refractivity (Wildman–Crippen MR) is 70.7 cm³/mol. The molecular weight excluding hydrogens is 208 g/mol. The molecule has 0 radical (unpaired) electrons. The Hall–Kier alpha value is -1.67. The zero-order valence-corrected chi connectivity index (χ0v) is 10.1. The van der Waals surface area contributed by atoms with Gasteiger partial charge in [-0.3, -0.25) is 4.98 Å². The third kappa shape index (κ3) is 3.40. The molecule has 17 heavy (non-hydrogen) atoms.